The molecule has 6 heteroatoms. The number of hydrogen-bond acceptors (Lipinski definition) is 4. The van der Waals surface area contributed by atoms with E-state index in [0.29, 0.717) is 17.1 Å². The lowest BCUT2D eigenvalue weighted by atomic mass is 10.0. The second kappa shape index (κ2) is 7.21. The number of carbonyl (C=O) groups excluding carboxylic acids is 1. The van der Waals surface area contributed by atoms with Gasteiger partial charge in [0.1, 0.15) is 5.69 Å². The molecule has 4 aromatic rings. The third kappa shape index (κ3) is 3.46. The molecule has 0 aliphatic carbocycles. The van der Waals surface area contributed by atoms with Gasteiger partial charge in [-0.25, -0.2) is 5.43 Å². The van der Waals surface area contributed by atoms with Crippen LogP contribution in [0, 0.1) is 0 Å². The molecule has 0 atom stereocenters. The van der Waals surface area contributed by atoms with Crippen LogP contribution in [0.2, 0.25) is 0 Å². The maximum Gasteiger partial charge on any atom is 0.289 e. The van der Waals surface area contributed by atoms with Crippen molar-refractivity contribution in [1.82, 2.24) is 20.6 Å². The maximum absolute atomic E-state index is 12.4. The number of hydrogen-bond donors (Lipinski definition) is 2. The molecule has 2 N–H and O–H groups in total. The van der Waals surface area contributed by atoms with Gasteiger partial charge in [0.25, 0.3) is 5.91 Å². The van der Waals surface area contributed by atoms with Gasteiger partial charge >= 0.3 is 0 Å². The summed E-state index contributed by atoms with van der Waals surface area (Å²) in [6, 6.07) is 19.5. The molecule has 0 aliphatic heterocycles. The molecule has 0 fully saturated rings. The summed E-state index contributed by atoms with van der Waals surface area (Å²) in [6.45, 7) is 1.82. The molecule has 6 nitrogen and oxygen atoms in total. The Morgan fingerprint density at radius 1 is 1.04 bits per heavy atom. The summed E-state index contributed by atoms with van der Waals surface area (Å²) < 4.78 is 0. The Kier molecular flexibility index (Phi) is 4.45. The summed E-state index contributed by atoms with van der Waals surface area (Å²) in [5, 5.41) is 13.4. The van der Waals surface area contributed by atoms with Crippen molar-refractivity contribution in [1.29, 1.82) is 0 Å². The summed E-state index contributed by atoms with van der Waals surface area (Å²) in [5.74, 6) is -0.345. The average molecular weight is 355 g/mol. The Morgan fingerprint density at radius 2 is 1.81 bits per heavy atom. The fourth-order valence-electron chi connectivity index (χ4n) is 2.88. The predicted molar refractivity (Wildman–Crippen MR) is 105 cm³/mol. The lowest BCUT2D eigenvalue weighted by Crippen LogP contribution is -2.19. The number of aromatic nitrogens is 3. The number of nitrogens with one attached hydrogen (secondary N) is 2. The molecule has 1 amide bonds. The quantitative estimate of drug-likeness (QED) is 0.432. The van der Waals surface area contributed by atoms with E-state index in [0.717, 1.165) is 21.9 Å². The Balaban J connectivity index is 1.56. The van der Waals surface area contributed by atoms with Crippen molar-refractivity contribution in [2.75, 3.05) is 0 Å². The van der Waals surface area contributed by atoms with Gasteiger partial charge in [0.2, 0.25) is 0 Å². The summed E-state index contributed by atoms with van der Waals surface area (Å²) in [6.07, 6.45) is 3.36. The monoisotopic (exact) mass is 355 g/mol. The van der Waals surface area contributed by atoms with Crippen LogP contribution in [0.15, 0.2) is 78.2 Å². The molecule has 4 rings (SSSR count). The second-order valence-corrected chi connectivity index (χ2v) is 6.07. The van der Waals surface area contributed by atoms with Gasteiger partial charge in [0, 0.05) is 23.5 Å². The van der Waals surface area contributed by atoms with Gasteiger partial charge in [0.05, 0.1) is 11.4 Å². The molecule has 27 heavy (non-hydrogen) atoms. The van der Waals surface area contributed by atoms with Gasteiger partial charge in [-0.05, 0) is 35.9 Å². The number of amides is 1. The number of aromatic amines is 1. The van der Waals surface area contributed by atoms with Crippen LogP contribution < -0.4 is 5.43 Å². The van der Waals surface area contributed by atoms with E-state index in [1.54, 1.807) is 18.5 Å². The molecule has 0 saturated heterocycles. The minimum atomic E-state index is -0.345. The zero-order valence-electron chi connectivity index (χ0n) is 14.7. The molecule has 2 heterocycles. The van der Waals surface area contributed by atoms with Crippen molar-refractivity contribution in [2.45, 2.75) is 6.92 Å². The molecule has 0 radical (unpaired) electrons. The maximum atomic E-state index is 12.4. The highest BCUT2D eigenvalue weighted by Crippen LogP contribution is 2.27. The summed E-state index contributed by atoms with van der Waals surface area (Å²) in [5.41, 5.74) is 6.18. The van der Waals surface area contributed by atoms with Crippen LogP contribution in [-0.2, 0) is 0 Å². The number of benzene rings is 2. The highest BCUT2D eigenvalue weighted by atomic mass is 16.2. The molecule has 2 aromatic carbocycles. The van der Waals surface area contributed by atoms with Gasteiger partial charge in [-0.2, -0.15) is 10.2 Å². The van der Waals surface area contributed by atoms with E-state index >= 15 is 0 Å². The first kappa shape index (κ1) is 16.7. The third-order valence-electron chi connectivity index (χ3n) is 4.31. The molecule has 0 unspecified atom stereocenters. The molecule has 0 saturated carbocycles. The third-order valence-corrected chi connectivity index (χ3v) is 4.31. The Hall–Kier alpha value is -3.80. The van der Waals surface area contributed by atoms with E-state index in [1.165, 1.54) is 0 Å². The lowest BCUT2D eigenvalue weighted by Gasteiger charge is -2.03. The molecular weight excluding hydrogens is 338 g/mol. The number of hydrazone groups is 1. The molecule has 2 aromatic heterocycles. The van der Waals surface area contributed by atoms with E-state index in [4.69, 9.17) is 0 Å². The number of carbonyl (C=O) groups is 1. The predicted octanol–water partition coefficient (Wildman–Crippen LogP) is 3.78. The highest BCUT2D eigenvalue weighted by Gasteiger charge is 2.12. The van der Waals surface area contributed by atoms with Gasteiger partial charge in [-0.3, -0.25) is 14.9 Å². The smallest absolute Gasteiger partial charge is 0.272 e. The Morgan fingerprint density at radius 3 is 2.67 bits per heavy atom. The average Bonchev–Trinajstić information content (AvgIpc) is 3.22. The van der Waals surface area contributed by atoms with E-state index < -0.39 is 0 Å². The number of H-pyrrole nitrogens is 1. The van der Waals surface area contributed by atoms with Crippen molar-refractivity contribution in [3.8, 4) is 11.3 Å². The molecule has 0 spiro atoms. The van der Waals surface area contributed by atoms with Crippen molar-refractivity contribution in [3.05, 3.63) is 84.3 Å². The fourth-order valence-corrected chi connectivity index (χ4v) is 2.88. The van der Waals surface area contributed by atoms with Gasteiger partial charge < -0.3 is 0 Å². The number of rotatable bonds is 4. The van der Waals surface area contributed by atoms with Crippen molar-refractivity contribution >= 4 is 22.4 Å². The van der Waals surface area contributed by atoms with Crippen LogP contribution in [0.5, 0.6) is 0 Å². The van der Waals surface area contributed by atoms with E-state index in [1.807, 2.05) is 49.4 Å². The zero-order valence-corrected chi connectivity index (χ0v) is 14.7. The highest BCUT2D eigenvalue weighted by molar-refractivity contribution is 6.01. The first-order chi connectivity index (χ1) is 13.2. The minimum Gasteiger partial charge on any atom is -0.272 e. The molecule has 0 aliphatic rings. The largest absolute Gasteiger partial charge is 0.289 e. The Labute approximate surface area is 156 Å². The molecule has 0 bridgehead atoms. The second-order valence-electron chi connectivity index (χ2n) is 6.07. The zero-order chi connectivity index (χ0) is 18.6. The standard InChI is InChI=1S/C21H17N5O/c1-14(15-9-11-22-12-10-15)23-26-21(27)20-13-19(24-25-20)18-8-4-6-16-5-2-3-7-17(16)18/h2-13H,1H3,(H,24,25)(H,26,27)/b23-14+. The first-order valence-corrected chi connectivity index (χ1v) is 8.51. The summed E-state index contributed by atoms with van der Waals surface area (Å²) >= 11 is 0. The minimum absolute atomic E-state index is 0.345. The van der Waals surface area contributed by atoms with Gasteiger partial charge in [-0.1, -0.05) is 42.5 Å². The number of pyridine rings is 1. The lowest BCUT2D eigenvalue weighted by molar-refractivity contribution is 0.0950. The van der Waals surface area contributed by atoms with Crippen molar-refractivity contribution < 1.29 is 4.79 Å². The Bertz CT molecular complexity index is 1130. The number of nitrogens with zero attached hydrogens (tertiary/aromatic N) is 3. The van der Waals surface area contributed by atoms with Crippen LogP contribution in [-0.4, -0.2) is 26.8 Å². The summed E-state index contributed by atoms with van der Waals surface area (Å²) in [7, 11) is 0. The van der Waals surface area contributed by atoms with Crippen LogP contribution in [0.4, 0.5) is 0 Å². The topological polar surface area (TPSA) is 83.0 Å². The fraction of sp³-hybridized carbons (Fsp3) is 0.0476. The van der Waals surface area contributed by atoms with Gasteiger partial charge in [0.15, 0.2) is 0 Å². The van der Waals surface area contributed by atoms with E-state index in [9.17, 15) is 4.79 Å². The molecule has 132 valence electrons. The SMILES string of the molecule is C/C(=N\NC(=O)c1cc(-c2cccc3ccccc23)n[nH]1)c1ccncc1. The van der Waals surface area contributed by atoms with Crippen molar-refractivity contribution in [3.63, 3.8) is 0 Å². The van der Waals surface area contributed by atoms with Crippen LogP contribution in [0.25, 0.3) is 22.0 Å². The van der Waals surface area contributed by atoms with Crippen LogP contribution in [0.1, 0.15) is 23.0 Å². The van der Waals surface area contributed by atoms with E-state index in [-0.39, 0.29) is 5.91 Å². The normalized spacial score (nSPS) is 11.5. The van der Waals surface area contributed by atoms with Gasteiger partial charge in [-0.15, -0.1) is 0 Å². The van der Waals surface area contributed by atoms with Crippen molar-refractivity contribution in [2.24, 2.45) is 5.10 Å². The summed E-state index contributed by atoms with van der Waals surface area (Å²) in [4.78, 5) is 16.4. The first-order valence-electron chi connectivity index (χ1n) is 8.51. The van der Waals surface area contributed by atoms with E-state index in [2.05, 4.69) is 37.8 Å². The molecular formula is C21H17N5O. The van der Waals surface area contributed by atoms with Crippen LogP contribution >= 0.6 is 0 Å². The van der Waals surface area contributed by atoms with Crippen LogP contribution in [0.3, 0.4) is 0 Å². The number of fused-ring (bicyclic) bond motifs is 1.